The molecular formula is C20H29N. The molecule has 0 aliphatic heterocycles. The van der Waals surface area contributed by atoms with Crippen molar-refractivity contribution in [3.8, 4) is 0 Å². The van der Waals surface area contributed by atoms with E-state index in [2.05, 4.69) is 30.4 Å². The molecule has 1 heteroatoms. The fourth-order valence-corrected chi connectivity index (χ4v) is 4.22. The van der Waals surface area contributed by atoms with Crippen molar-refractivity contribution in [1.82, 2.24) is 5.32 Å². The normalized spacial score (nSPS) is 23.1. The molecule has 2 saturated carbocycles. The Morgan fingerprint density at radius 3 is 2.33 bits per heavy atom. The zero-order valence-electron chi connectivity index (χ0n) is 13.4. The van der Waals surface area contributed by atoms with E-state index in [9.17, 15) is 0 Å². The number of nitrogens with one attached hydrogen (secondary N) is 1. The molecule has 0 spiro atoms. The first-order valence-corrected chi connectivity index (χ1v) is 9.16. The van der Waals surface area contributed by atoms with E-state index in [4.69, 9.17) is 0 Å². The Hall–Kier alpha value is -0.820. The molecule has 3 aliphatic carbocycles. The molecule has 2 fully saturated rings. The summed E-state index contributed by atoms with van der Waals surface area (Å²) in [7, 11) is 0. The third kappa shape index (κ3) is 3.18. The first-order valence-electron chi connectivity index (χ1n) is 9.16. The van der Waals surface area contributed by atoms with Crippen LogP contribution in [0.2, 0.25) is 0 Å². The van der Waals surface area contributed by atoms with Gasteiger partial charge in [-0.1, -0.05) is 18.2 Å². The SMILES string of the molecule is CC(NCC(C1CC1)C1CC1)c1ccc2c(c1)CCCC2. The number of fused-ring (bicyclic) bond motifs is 1. The van der Waals surface area contributed by atoms with Crippen LogP contribution < -0.4 is 5.32 Å². The number of rotatable bonds is 6. The van der Waals surface area contributed by atoms with Gasteiger partial charge in [0, 0.05) is 6.04 Å². The highest BCUT2D eigenvalue weighted by atomic mass is 14.9. The topological polar surface area (TPSA) is 12.0 Å². The van der Waals surface area contributed by atoms with Crippen LogP contribution in [0.15, 0.2) is 18.2 Å². The lowest BCUT2D eigenvalue weighted by atomic mass is 9.89. The van der Waals surface area contributed by atoms with E-state index in [1.807, 2.05) is 0 Å². The van der Waals surface area contributed by atoms with Crippen molar-refractivity contribution in [3.05, 3.63) is 34.9 Å². The summed E-state index contributed by atoms with van der Waals surface area (Å²) in [6.07, 6.45) is 11.3. The van der Waals surface area contributed by atoms with Gasteiger partial charge in [0.25, 0.3) is 0 Å². The Morgan fingerprint density at radius 2 is 1.67 bits per heavy atom. The van der Waals surface area contributed by atoms with Crippen molar-refractivity contribution in [1.29, 1.82) is 0 Å². The van der Waals surface area contributed by atoms with Crippen molar-refractivity contribution in [2.75, 3.05) is 6.54 Å². The van der Waals surface area contributed by atoms with Crippen LogP contribution in [0.5, 0.6) is 0 Å². The third-order valence-electron chi connectivity index (χ3n) is 5.99. The summed E-state index contributed by atoms with van der Waals surface area (Å²) in [5.41, 5.74) is 4.72. The summed E-state index contributed by atoms with van der Waals surface area (Å²) in [5.74, 6) is 3.09. The molecule has 1 atom stereocenters. The minimum atomic E-state index is 0.511. The van der Waals surface area contributed by atoms with Gasteiger partial charge in [-0.3, -0.25) is 0 Å². The highest BCUT2D eigenvalue weighted by Crippen LogP contribution is 2.49. The van der Waals surface area contributed by atoms with Crippen LogP contribution in [-0.2, 0) is 12.8 Å². The summed E-state index contributed by atoms with van der Waals surface area (Å²) in [6, 6.07) is 7.75. The van der Waals surface area contributed by atoms with Gasteiger partial charge in [-0.05, 0) is 99.3 Å². The summed E-state index contributed by atoms with van der Waals surface area (Å²) in [5, 5.41) is 3.85. The predicted octanol–water partition coefficient (Wildman–Crippen LogP) is 4.65. The van der Waals surface area contributed by atoms with Gasteiger partial charge in [-0.25, -0.2) is 0 Å². The number of benzene rings is 1. The highest BCUT2D eigenvalue weighted by Gasteiger charge is 2.41. The fourth-order valence-electron chi connectivity index (χ4n) is 4.22. The molecule has 0 amide bonds. The molecule has 0 bridgehead atoms. The van der Waals surface area contributed by atoms with Crippen LogP contribution >= 0.6 is 0 Å². The first kappa shape index (κ1) is 13.8. The van der Waals surface area contributed by atoms with Crippen LogP contribution in [0.3, 0.4) is 0 Å². The monoisotopic (exact) mass is 283 g/mol. The molecule has 0 saturated heterocycles. The number of hydrogen-bond acceptors (Lipinski definition) is 1. The largest absolute Gasteiger partial charge is 0.310 e. The highest BCUT2D eigenvalue weighted by molar-refractivity contribution is 5.35. The van der Waals surface area contributed by atoms with Crippen molar-refractivity contribution in [2.24, 2.45) is 17.8 Å². The molecule has 1 aromatic carbocycles. The average molecular weight is 283 g/mol. The maximum Gasteiger partial charge on any atom is 0.0292 e. The Bertz CT molecular complexity index is 487. The molecule has 1 N–H and O–H groups in total. The molecule has 0 radical (unpaired) electrons. The molecule has 4 rings (SSSR count). The molecule has 114 valence electrons. The molecule has 0 aromatic heterocycles. The summed E-state index contributed by atoms with van der Waals surface area (Å²) in [6.45, 7) is 3.59. The molecule has 21 heavy (non-hydrogen) atoms. The Morgan fingerprint density at radius 1 is 1.00 bits per heavy atom. The molecule has 1 aromatic rings. The lowest BCUT2D eigenvalue weighted by Crippen LogP contribution is -2.28. The summed E-state index contributed by atoms with van der Waals surface area (Å²) >= 11 is 0. The zero-order valence-corrected chi connectivity index (χ0v) is 13.4. The minimum absolute atomic E-state index is 0.511. The second-order valence-electron chi connectivity index (χ2n) is 7.70. The average Bonchev–Trinajstić information content (AvgIpc) is 3.39. The van der Waals surface area contributed by atoms with E-state index in [1.165, 1.54) is 63.5 Å². The van der Waals surface area contributed by atoms with Gasteiger partial charge in [-0.15, -0.1) is 0 Å². The van der Waals surface area contributed by atoms with Crippen molar-refractivity contribution in [3.63, 3.8) is 0 Å². The fraction of sp³-hybridized carbons (Fsp3) is 0.700. The summed E-state index contributed by atoms with van der Waals surface area (Å²) in [4.78, 5) is 0. The number of hydrogen-bond donors (Lipinski definition) is 1. The van der Waals surface area contributed by atoms with Crippen molar-refractivity contribution in [2.45, 2.75) is 64.3 Å². The van der Waals surface area contributed by atoms with E-state index in [-0.39, 0.29) is 0 Å². The Balaban J connectivity index is 1.38. The molecule has 0 heterocycles. The third-order valence-corrected chi connectivity index (χ3v) is 5.99. The lowest BCUT2D eigenvalue weighted by molar-refractivity contribution is 0.362. The quantitative estimate of drug-likeness (QED) is 0.801. The van der Waals surface area contributed by atoms with E-state index in [0.29, 0.717) is 6.04 Å². The van der Waals surface area contributed by atoms with Gasteiger partial charge in [0.05, 0.1) is 0 Å². The standard InChI is InChI=1S/C20H29N/c1-14(21-13-20(16-7-8-16)17-9-10-17)18-11-6-15-4-2-3-5-19(15)12-18/h6,11-12,14,16-17,20-21H,2-5,7-10,13H2,1H3. The van der Waals surface area contributed by atoms with Crippen LogP contribution in [0.4, 0.5) is 0 Å². The minimum Gasteiger partial charge on any atom is -0.310 e. The predicted molar refractivity (Wildman–Crippen MR) is 88.4 cm³/mol. The maximum absolute atomic E-state index is 3.85. The van der Waals surface area contributed by atoms with Crippen LogP contribution in [-0.4, -0.2) is 6.54 Å². The van der Waals surface area contributed by atoms with Gasteiger partial charge < -0.3 is 5.32 Å². The maximum atomic E-state index is 3.85. The Labute approximate surface area is 129 Å². The smallest absolute Gasteiger partial charge is 0.0292 e. The lowest BCUT2D eigenvalue weighted by Gasteiger charge is -2.23. The van der Waals surface area contributed by atoms with E-state index in [1.54, 1.807) is 11.1 Å². The number of aryl methyl sites for hydroxylation is 2. The van der Waals surface area contributed by atoms with Crippen molar-refractivity contribution >= 4 is 0 Å². The van der Waals surface area contributed by atoms with Crippen LogP contribution in [0, 0.1) is 17.8 Å². The van der Waals surface area contributed by atoms with Crippen LogP contribution in [0.25, 0.3) is 0 Å². The van der Waals surface area contributed by atoms with Crippen LogP contribution in [0.1, 0.15) is 68.2 Å². The van der Waals surface area contributed by atoms with E-state index in [0.717, 1.165) is 17.8 Å². The van der Waals surface area contributed by atoms with E-state index >= 15 is 0 Å². The van der Waals surface area contributed by atoms with Crippen molar-refractivity contribution < 1.29 is 0 Å². The van der Waals surface area contributed by atoms with Gasteiger partial charge in [-0.2, -0.15) is 0 Å². The Kier molecular flexibility index (Phi) is 3.79. The molecule has 1 unspecified atom stereocenters. The molecule has 1 nitrogen and oxygen atoms in total. The zero-order chi connectivity index (χ0) is 14.2. The second-order valence-corrected chi connectivity index (χ2v) is 7.70. The van der Waals surface area contributed by atoms with Gasteiger partial charge in [0.2, 0.25) is 0 Å². The van der Waals surface area contributed by atoms with Gasteiger partial charge in [0.1, 0.15) is 0 Å². The first-order chi connectivity index (χ1) is 10.3. The second kappa shape index (κ2) is 5.76. The summed E-state index contributed by atoms with van der Waals surface area (Å²) < 4.78 is 0. The van der Waals surface area contributed by atoms with Gasteiger partial charge in [0.15, 0.2) is 0 Å². The molecular weight excluding hydrogens is 254 g/mol. The van der Waals surface area contributed by atoms with E-state index < -0.39 is 0 Å². The van der Waals surface area contributed by atoms with Gasteiger partial charge >= 0.3 is 0 Å². The molecule has 3 aliphatic rings.